The van der Waals surface area contributed by atoms with Gasteiger partial charge in [-0.15, -0.1) is 24.8 Å². The van der Waals surface area contributed by atoms with E-state index in [0.29, 0.717) is 0 Å². The molecule has 19 heavy (non-hydrogen) atoms. The minimum atomic E-state index is -0.337. The van der Waals surface area contributed by atoms with E-state index in [9.17, 15) is 4.79 Å². The Morgan fingerprint density at radius 2 is 2.05 bits per heavy atom. The quantitative estimate of drug-likeness (QED) is 0.810. The molecular weight excluding hydrogens is 285 g/mol. The van der Waals surface area contributed by atoms with Crippen molar-refractivity contribution in [2.24, 2.45) is 0 Å². The molecule has 2 fully saturated rings. The Kier molecular flexibility index (Phi) is 8.29. The van der Waals surface area contributed by atoms with Crippen LogP contribution in [0.4, 0.5) is 0 Å². The van der Waals surface area contributed by atoms with Gasteiger partial charge in [-0.3, -0.25) is 4.79 Å². The third-order valence-corrected chi connectivity index (χ3v) is 4.04. The summed E-state index contributed by atoms with van der Waals surface area (Å²) in [7, 11) is 2.14. The van der Waals surface area contributed by atoms with Crippen LogP contribution in [0, 0.1) is 0 Å². The monoisotopic (exact) mass is 311 g/mol. The zero-order valence-corrected chi connectivity index (χ0v) is 13.5. The standard InChI is InChI=1S/C13H25N3O.2ClH/c1-13(7-3-4-8-15-13)12(17)14-9-10-16(2)11-5-6-11;;/h11,15H,3-10H2,1-2H3,(H,14,17);2*1H. The second-order valence-corrected chi connectivity index (χ2v) is 5.68. The van der Waals surface area contributed by atoms with Crippen LogP contribution in [0.15, 0.2) is 0 Å². The highest BCUT2D eigenvalue weighted by atomic mass is 35.5. The van der Waals surface area contributed by atoms with Crippen LogP contribution in [-0.4, -0.2) is 49.1 Å². The molecule has 0 spiro atoms. The zero-order valence-electron chi connectivity index (χ0n) is 11.9. The van der Waals surface area contributed by atoms with E-state index in [1.54, 1.807) is 0 Å². The highest BCUT2D eigenvalue weighted by molar-refractivity contribution is 5.86. The van der Waals surface area contributed by atoms with Crippen molar-refractivity contribution in [2.45, 2.75) is 50.6 Å². The molecule has 1 amide bonds. The SMILES string of the molecule is CN(CCNC(=O)C1(C)CCCCN1)C1CC1.Cl.Cl. The molecule has 1 heterocycles. The van der Waals surface area contributed by atoms with Crippen LogP contribution in [0.1, 0.15) is 39.0 Å². The lowest BCUT2D eigenvalue weighted by Crippen LogP contribution is -2.57. The Labute approximate surface area is 128 Å². The number of hydrogen-bond donors (Lipinski definition) is 2. The summed E-state index contributed by atoms with van der Waals surface area (Å²) in [5.74, 6) is 0.168. The summed E-state index contributed by atoms with van der Waals surface area (Å²) >= 11 is 0. The number of halogens is 2. The number of nitrogens with one attached hydrogen (secondary N) is 2. The van der Waals surface area contributed by atoms with Gasteiger partial charge in [0, 0.05) is 19.1 Å². The van der Waals surface area contributed by atoms with Gasteiger partial charge < -0.3 is 15.5 Å². The minimum Gasteiger partial charge on any atom is -0.353 e. The van der Waals surface area contributed by atoms with E-state index < -0.39 is 0 Å². The fourth-order valence-corrected chi connectivity index (χ4v) is 2.49. The molecule has 1 atom stereocenters. The van der Waals surface area contributed by atoms with Crippen molar-refractivity contribution in [3.8, 4) is 0 Å². The highest BCUT2D eigenvalue weighted by Gasteiger charge is 2.34. The molecule has 2 N–H and O–H groups in total. The van der Waals surface area contributed by atoms with Gasteiger partial charge in [0.15, 0.2) is 0 Å². The summed E-state index contributed by atoms with van der Waals surface area (Å²) in [6, 6.07) is 0.773. The predicted molar refractivity (Wildman–Crippen MR) is 83.4 cm³/mol. The Hall–Kier alpha value is -0.0300. The van der Waals surface area contributed by atoms with Crippen LogP contribution in [0.3, 0.4) is 0 Å². The molecule has 1 saturated heterocycles. The second kappa shape index (κ2) is 8.30. The van der Waals surface area contributed by atoms with Gasteiger partial charge in [0.2, 0.25) is 5.91 Å². The molecule has 2 rings (SSSR count). The van der Waals surface area contributed by atoms with Crippen molar-refractivity contribution in [1.29, 1.82) is 0 Å². The molecule has 114 valence electrons. The lowest BCUT2D eigenvalue weighted by Gasteiger charge is -2.33. The summed E-state index contributed by atoms with van der Waals surface area (Å²) in [6.45, 7) is 4.72. The van der Waals surface area contributed by atoms with Gasteiger partial charge in [-0.05, 0) is 52.6 Å². The number of carbonyl (C=O) groups is 1. The van der Waals surface area contributed by atoms with E-state index in [1.165, 1.54) is 19.3 Å². The fourth-order valence-electron chi connectivity index (χ4n) is 2.49. The van der Waals surface area contributed by atoms with Gasteiger partial charge in [0.1, 0.15) is 0 Å². The summed E-state index contributed by atoms with van der Waals surface area (Å²) in [6.07, 6.45) is 5.94. The first kappa shape index (κ1) is 19.0. The first-order valence-electron chi connectivity index (χ1n) is 6.85. The third-order valence-electron chi connectivity index (χ3n) is 4.04. The van der Waals surface area contributed by atoms with Crippen molar-refractivity contribution in [3.63, 3.8) is 0 Å². The van der Waals surface area contributed by atoms with Crippen molar-refractivity contribution in [2.75, 3.05) is 26.7 Å². The number of amides is 1. The van der Waals surface area contributed by atoms with Gasteiger partial charge >= 0.3 is 0 Å². The third kappa shape index (κ3) is 5.46. The van der Waals surface area contributed by atoms with E-state index in [1.807, 2.05) is 6.92 Å². The van der Waals surface area contributed by atoms with Gasteiger partial charge in [-0.25, -0.2) is 0 Å². The van der Waals surface area contributed by atoms with E-state index in [4.69, 9.17) is 0 Å². The average Bonchev–Trinajstić information content (AvgIpc) is 3.13. The Morgan fingerprint density at radius 3 is 2.58 bits per heavy atom. The lowest BCUT2D eigenvalue weighted by molar-refractivity contribution is -0.127. The summed E-state index contributed by atoms with van der Waals surface area (Å²) < 4.78 is 0. The van der Waals surface area contributed by atoms with Crippen LogP contribution in [-0.2, 0) is 4.79 Å². The van der Waals surface area contributed by atoms with Gasteiger partial charge in [0.25, 0.3) is 0 Å². The second-order valence-electron chi connectivity index (χ2n) is 5.68. The molecule has 0 aromatic heterocycles. The summed E-state index contributed by atoms with van der Waals surface area (Å²) in [5.41, 5.74) is -0.337. The van der Waals surface area contributed by atoms with Crippen LogP contribution < -0.4 is 10.6 Å². The first-order chi connectivity index (χ1) is 8.12. The highest BCUT2D eigenvalue weighted by Crippen LogP contribution is 2.24. The molecular formula is C13H27Cl2N3O. The van der Waals surface area contributed by atoms with Crippen LogP contribution in [0.2, 0.25) is 0 Å². The molecule has 6 heteroatoms. The first-order valence-corrected chi connectivity index (χ1v) is 6.85. The average molecular weight is 312 g/mol. The largest absolute Gasteiger partial charge is 0.353 e. The van der Waals surface area contributed by atoms with Crippen molar-refractivity contribution in [1.82, 2.24) is 15.5 Å². The number of piperidine rings is 1. The number of nitrogens with zero attached hydrogens (tertiary/aromatic N) is 1. The Morgan fingerprint density at radius 1 is 1.37 bits per heavy atom. The summed E-state index contributed by atoms with van der Waals surface area (Å²) in [4.78, 5) is 14.4. The van der Waals surface area contributed by atoms with Crippen molar-refractivity contribution < 1.29 is 4.79 Å². The molecule has 2 aliphatic rings. The smallest absolute Gasteiger partial charge is 0.240 e. The summed E-state index contributed by atoms with van der Waals surface area (Å²) in [5, 5.41) is 6.41. The number of rotatable bonds is 5. The normalized spacial score (nSPS) is 26.3. The Bertz CT molecular complexity index is 279. The molecule has 1 unspecified atom stereocenters. The molecule has 1 aliphatic heterocycles. The molecule has 1 saturated carbocycles. The minimum absolute atomic E-state index is 0. The number of likely N-dealkylation sites (N-methyl/N-ethyl adjacent to an activating group) is 1. The van der Waals surface area contributed by atoms with Gasteiger partial charge in [0.05, 0.1) is 5.54 Å². The van der Waals surface area contributed by atoms with E-state index in [0.717, 1.165) is 38.5 Å². The molecule has 4 nitrogen and oxygen atoms in total. The zero-order chi connectivity index (χ0) is 12.3. The maximum atomic E-state index is 12.1. The van der Waals surface area contributed by atoms with Gasteiger partial charge in [-0.1, -0.05) is 0 Å². The molecule has 0 aromatic carbocycles. The number of carbonyl (C=O) groups excluding carboxylic acids is 1. The van der Waals surface area contributed by atoms with Crippen LogP contribution in [0.25, 0.3) is 0 Å². The fraction of sp³-hybridized carbons (Fsp3) is 0.923. The van der Waals surface area contributed by atoms with Crippen LogP contribution in [0.5, 0.6) is 0 Å². The predicted octanol–water partition coefficient (Wildman–Crippen LogP) is 1.57. The van der Waals surface area contributed by atoms with E-state index in [-0.39, 0.29) is 36.3 Å². The lowest BCUT2D eigenvalue weighted by atomic mass is 9.90. The van der Waals surface area contributed by atoms with E-state index in [2.05, 4.69) is 22.6 Å². The Balaban J connectivity index is 0.00000162. The van der Waals surface area contributed by atoms with Crippen LogP contribution >= 0.6 is 24.8 Å². The topological polar surface area (TPSA) is 44.4 Å². The molecule has 0 bridgehead atoms. The molecule has 0 radical (unpaired) electrons. The van der Waals surface area contributed by atoms with Gasteiger partial charge in [-0.2, -0.15) is 0 Å². The molecule has 0 aromatic rings. The van der Waals surface area contributed by atoms with Crippen molar-refractivity contribution >= 4 is 30.7 Å². The maximum Gasteiger partial charge on any atom is 0.240 e. The number of hydrogen-bond acceptors (Lipinski definition) is 3. The maximum absolute atomic E-state index is 12.1. The van der Waals surface area contributed by atoms with Crippen molar-refractivity contribution in [3.05, 3.63) is 0 Å². The van der Waals surface area contributed by atoms with E-state index >= 15 is 0 Å². The molecule has 1 aliphatic carbocycles.